The molecule has 30 heavy (non-hydrogen) atoms. The van der Waals surface area contributed by atoms with Crippen LogP contribution in [-0.4, -0.2) is 67.9 Å². The number of carbonyl (C=O) groups excluding carboxylic acids is 2. The first-order chi connectivity index (χ1) is 13.7. The summed E-state index contributed by atoms with van der Waals surface area (Å²) in [6.45, 7) is 14.9. The number of amides is 2. The highest BCUT2D eigenvalue weighted by Crippen LogP contribution is 2.41. The molecule has 8 heteroatoms. The van der Waals surface area contributed by atoms with Crippen molar-refractivity contribution in [1.29, 1.82) is 0 Å². The number of carboxylic acids is 2. The van der Waals surface area contributed by atoms with Crippen molar-refractivity contribution < 1.29 is 29.4 Å². The number of carboxylic acid groups (broad SMARTS) is 2. The molecule has 1 aliphatic carbocycles. The van der Waals surface area contributed by atoms with Gasteiger partial charge in [-0.1, -0.05) is 0 Å². The lowest BCUT2D eigenvalue weighted by atomic mass is 9.66. The van der Waals surface area contributed by atoms with Crippen LogP contribution in [0.2, 0.25) is 0 Å². The second-order valence-corrected chi connectivity index (χ2v) is 9.44. The van der Waals surface area contributed by atoms with Crippen molar-refractivity contribution in [2.75, 3.05) is 0 Å². The summed E-state index contributed by atoms with van der Waals surface area (Å²) < 4.78 is 0. The Bertz CT molecular complexity index is 588. The number of rotatable bonds is 8. The molecule has 0 aromatic heterocycles. The van der Waals surface area contributed by atoms with Gasteiger partial charge in [0.1, 0.15) is 0 Å². The summed E-state index contributed by atoms with van der Waals surface area (Å²) in [5.74, 6) is -7.16. The molecule has 0 bridgehead atoms. The molecule has 8 nitrogen and oxygen atoms in total. The highest BCUT2D eigenvalue weighted by molar-refractivity contribution is 5.90. The summed E-state index contributed by atoms with van der Waals surface area (Å²) in [5.41, 5.74) is 0. The Kier molecular flexibility index (Phi) is 8.87. The first-order valence-electron chi connectivity index (χ1n) is 10.8. The number of nitrogens with zero attached hydrogens (tertiary/aromatic N) is 2. The van der Waals surface area contributed by atoms with Crippen LogP contribution in [0.1, 0.15) is 68.2 Å². The van der Waals surface area contributed by atoms with Crippen LogP contribution in [0.3, 0.4) is 0 Å². The molecule has 4 atom stereocenters. The predicted molar refractivity (Wildman–Crippen MR) is 113 cm³/mol. The summed E-state index contributed by atoms with van der Waals surface area (Å²) >= 11 is 0. The lowest BCUT2D eigenvalue weighted by Gasteiger charge is -2.43. The van der Waals surface area contributed by atoms with Crippen LogP contribution < -0.4 is 0 Å². The number of hydrogen-bond donors (Lipinski definition) is 2. The summed E-state index contributed by atoms with van der Waals surface area (Å²) in [7, 11) is 0. The number of hydrogen-bond acceptors (Lipinski definition) is 4. The minimum atomic E-state index is -1.19. The Morgan fingerprint density at radius 1 is 0.567 bits per heavy atom. The van der Waals surface area contributed by atoms with Gasteiger partial charge in [-0.05, 0) is 68.2 Å². The molecule has 0 spiro atoms. The summed E-state index contributed by atoms with van der Waals surface area (Å²) in [5, 5.41) is 19.5. The van der Waals surface area contributed by atoms with Gasteiger partial charge >= 0.3 is 11.9 Å². The fourth-order valence-electron chi connectivity index (χ4n) is 4.89. The molecule has 1 saturated carbocycles. The smallest absolute Gasteiger partial charge is 0.307 e. The lowest BCUT2D eigenvalue weighted by Crippen LogP contribution is -2.55. The van der Waals surface area contributed by atoms with E-state index in [0.29, 0.717) is 0 Å². The summed E-state index contributed by atoms with van der Waals surface area (Å²) in [6, 6.07) is -0.551. The molecule has 1 fully saturated rings. The van der Waals surface area contributed by atoms with Gasteiger partial charge in [-0.25, -0.2) is 0 Å². The number of carbonyl (C=O) groups is 4. The monoisotopic (exact) mass is 426 g/mol. The topological polar surface area (TPSA) is 115 Å². The Hall–Kier alpha value is -2.12. The van der Waals surface area contributed by atoms with Crippen LogP contribution in [0.25, 0.3) is 0 Å². The van der Waals surface area contributed by atoms with Crippen LogP contribution in [0, 0.1) is 23.7 Å². The van der Waals surface area contributed by atoms with Crippen LogP contribution in [0.5, 0.6) is 0 Å². The van der Waals surface area contributed by atoms with E-state index in [1.165, 1.54) is 0 Å². The van der Waals surface area contributed by atoms with E-state index in [4.69, 9.17) is 0 Å². The van der Waals surface area contributed by atoms with Gasteiger partial charge in [-0.2, -0.15) is 0 Å². The third-order valence-electron chi connectivity index (χ3n) is 5.99. The quantitative estimate of drug-likeness (QED) is 0.617. The normalized spacial score (nSPS) is 24.4. The molecule has 0 aliphatic heterocycles. The fraction of sp³-hybridized carbons (Fsp3) is 0.818. The maximum absolute atomic E-state index is 13.4. The van der Waals surface area contributed by atoms with Gasteiger partial charge in [0.05, 0.1) is 23.7 Å². The molecule has 0 aromatic rings. The minimum absolute atomic E-state index is 0.0719. The van der Waals surface area contributed by atoms with E-state index in [2.05, 4.69) is 0 Å². The maximum Gasteiger partial charge on any atom is 0.307 e. The summed E-state index contributed by atoms with van der Waals surface area (Å²) in [6.07, 6.45) is -0.303. The molecular formula is C22H38N2O6. The van der Waals surface area contributed by atoms with Gasteiger partial charge in [-0.3, -0.25) is 19.2 Å². The Morgan fingerprint density at radius 2 is 0.800 bits per heavy atom. The van der Waals surface area contributed by atoms with Crippen molar-refractivity contribution >= 4 is 23.8 Å². The van der Waals surface area contributed by atoms with Gasteiger partial charge in [0.15, 0.2) is 0 Å². The van der Waals surface area contributed by atoms with Crippen molar-refractivity contribution in [3.63, 3.8) is 0 Å². The van der Waals surface area contributed by atoms with E-state index in [0.717, 1.165) is 0 Å². The van der Waals surface area contributed by atoms with E-state index in [1.54, 1.807) is 9.80 Å². The third-order valence-corrected chi connectivity index (χ3v) is 5.99. The molecule has 1 aliphatic rings. The molecule has 0 heterocycles. The van der Waals surface area contributed by atoms with Gasteiger partial charge in [0.25, 0.3) is 0 Å². The molecule has 0 aromatic carbocycles. The van der Waals surface area contributed by atoms with E-state index in [-0.39, 0.29) is 48.8 Å². The highest BCUT2D eigenvalue weighted by atomic mass is 16.4. The minimum Gasteiger partial charge on any atom is -0.481 e. The highest BCUT2D eigenvalue weighted by Gasteiger charge is 2.51. The van der Waals surface area contributed by atoms with Crippen molar-refractivity contribution in [1.82, 2.24) is 9.80 Å². The molecule has 2 N–H and O–H groups in total. The number of aliphatic carboxylic acids is 2. The SMILES string of the molecule is CC(C)N(C(=O)C1CC(C(=O)N(C(C)C)C(C)C)C(C(=O)O)CC1C(=O)O)C(C)C. The van der Waals surface area contributed by atoms with Crippen molar-refractivity contribution in [3.05, 3.63) is 0 Å². The zero-order valence-electron chi connectivity index (χ0n) is 19.5. The van der Waals surface area contributed by atoms with Crippen molar-refractivity contribution in [3.8, 4) is 0 Å². The first kappa shape index (κ1) is 25.9. The van der Waals surface area contributed by atoms with E-state index < -0.39 is 35.6 Å². The van der Waals surface area contributed by atoms with E-state index >= 15 is 0 Å². The predicted octanol–water partition coefficient (Wildman–Crippen LogP) is 2.71. The fourth-order valence-corrected chi connectivity index (χ4v) is 4.89. The van der Waals surface area contributed by atoms with Crippen LogP contribution >= 0.6 is 0 Å². The Morgan fingerprint density at radius 3 is 1.00 bits per heavy atom. The maximum atomic E-state index is 13.4. The van der Waals surface area contributed by atoms with Crippen molar-refractivity contribution in [2.24, 2.45) is 23.7 Å². The average molecular weight is 427 g/mol. The molecule has 0 radical (unpaired) electrons. The van der Waals surface area contributed by atoms with Gasteiger partial charge < -0.3 is 20.0 Å². The molecule has 4 unspecified atom stereocenters. The second kappa shape index (κ2) is 10.3. The summed E-state index contributed by atoms with van der Waals surface area (Å²) in [4.78, 5) is 53.9. The first-order valence-corrected chi connectivity index (χ1v) is 10.8. The standard InChI is InChI=1S/C22H38N2O6/c1-11(2)23(12(3)4)19(25)15-9-16(20(26)24(13(5)6)14(7)8)18(22(29)30)10-17(15)21(27)28/h11-18H,9-10H2,1-8H3,(H,27,28)(H,29,30). The molecule has 0 saturated heterocycles. The van der Waals surface area contributed by atoms with Crippen LogP contribution in [0.15, 0.2) is 0 Å². The van der Waals surface area contributed by atoms with Gasteiger partial charge in [0, 0.05) is 24.2 Å². The molecule has 172 valence electrons. The Labute approximate surface area is 179 Å². The lowest BCUT2D eigenvalue weighted by molar-refractivity contribution is -0.166. The molecular weight excluding hydrogens is 388 g/mol. The van der Waals surface area contributed by atoms with Gasteiger partial charge in [-0.15, -0.1) is 0 Å². The van der Waals surface area contributed by atoms with Crippen LogP contribution in [-0.2, 0) is 19.2 Å². The third kappa shape index (κ3) is 5.52. The van der Waals surface area contributed by atoms with E-state index in [1.807, 2.05) is 55.4 Å². The van der Waals surface area contributed by atoms with E-state index in [9.17, 15) is 29.4 Å². The zero-order valence-corrected chi connectivity index (χ0v) is 19.5. The zero-order chi connectivity index (χ0) is 23.5. The van der Waals surface area contributed by atoms with Gasteiger partial charge in [0.2, 0.25) is 11.8 Å². The molecule has 2 amide bonds. The Balaban J connectivity index is 3.42. The van der Waals surface area contributed by atoms with Crippen molar-refractivity contribution in [2.45, 2.75) is 92.4 Å². The average Bonchev–Trinajstić information content (AvgIpc) is 2.58. The second-order valence-electron chi connectivity index (χ2n) is 9.44. The molecule has 1 rings (SSSR count). The van der Waals surface area contributed by atoms with Crippen LogP contribution in [0.4, 0.5) is 0 Å². The largest absolute Gasteiger partial charge is 0.481 e.